The average molecular weight is 447 g/mol. The normalized spacial score (nSPS) is 19.3. The first-order chi connectivity index (χ1) is 13.8. The molecule has 0 fully saturated rings. The fraction of sp³-hybridized carbons (Fsp3) is 0.0952. The van der Waals surface area contributed by atoms with Gasteiger partial charge in [-0.15, -0.1) is 0 Å². The lowest BCUT2D eigenvalue weighted by Gasteiger charge is -2.25. The van der Waals surface area contributed by atoms with Gasteiger partial charge in [-0.2, -0.15) is 17.9 Å². The standard InChI is InChI=1S/C21H16Cl2N2O3S/c22-17-8-6-15(7-9-17)20-21(26,16-4-2-1-3-5-16)14-25(24-20)29(27,28)19-12-10-18(23)11-13-19/h1-13,26H,14H2. The number of aliphatic hydroxyl groups is 1. The number of sulfonamides is 1. The molecule has 1 atom stereocenters. The molecular weight excluding hydrogens is 431 g/mol. The topological polar surface area (TPSA) is 70.0 Å². The summed E-state index contributed by atoms with van der Waals surface area (Å²) in [4.78, 5) is 0.0402. The Balaban J connectivity index is 1.83. The van der Waals surface area contributed by atoms with Gasteiger partial charge in [-0.25, -0.2) is 0 Å². The molecule has 3 aromatic carbocycles. The summed E-state index contributed by atoms with van der Waals surface area (Å²) < 4.78 is 27.2. The molecule has 29 heavy (non-hydrogen) atoms. The van der Waals surface area contributed by atoms with Crippen molar-refractivity contribution >= 4 is 38.9 Å². The average Bonchev–Trinajstić information content (AvgIpc) is 3.09. The fourth-order valence-corrected chi connectivity index (χ4v) is 4.73. The van der Waals surface area contributed by atoms with Gasteiger partial charge in [-0.3, -0.25) is 0 Å². The van der Waals surface area contributed by atoms with Gasteiger partial charge in [0.05, 0.1) is 11.4 Å². The van der Waals surface area contributed by atoms with Gasteiger partial charge in [-0.1, -0.05) is 65.7 Å². The molecule has 1 N–H and O–H groups in total. The maximum atomic E-state index is 13.1. The van der Waals surface area contributed by atoms with Crippen LogP contribution in [0.15, 0.2) is 88.9 Å². The van der Waals surface area contributed by atoms with Crippen LogP contribution in [0.25, 0.3) is 0 Å². The van der Waals surface area contributed by atoms with E-state index < -0.39 is 15.6 Å². The predicted molar refractivity (Wildman–Crippen MR) is 114 cm³/mol. The molecule has 1 aliphatic rings. The molecule has 0 radical (unpaired) electrons. The van der Waals surface area contributed by atoms with Crippen LogP contribution in [0.2, 0.25) is 10.0 Å². The minimum Gasteiger partial charge on any atom is -0.377 e. The number of hydrogen-bond acceptors (Lipinski definition) is 4. The van der Waals surface area contributed by atoms with Gasteiger partial charge in [0.1, 0.15) is 5.71 Å². The van der Waals surface area contributed by atoms with Crippen LogP contribution in [-0.4, -0.2) is 30.2 Å². The number of benzene rings is 3. The van der Waals surface area contributed by atoms with Gasteiger partial charge in [0.15, 0.2) is 5.60 Å². The van der Waals surface area contributed by atoms with E-state index in [9.17, 15) is 13.5 Å². The maximum Gasteiger partial charge on any atom is 0.279 e. The summed E-state index contributed by atoms with van der Waals surface area (Å²) >= 11 is 11.9. The van der Waals surface area contributed by atoms with Crippen LogP contribution in [0.5, 0.6) is 0 Å². The van der Waals surface area contributed by atoms with Crippen molar-refractivity contribution in [1.82, 2.24) is 4.41 Å². The summed E-state index contributed by atoms with van der Waals surface area (Å²) in [5.74, 6) is 0. The monoisotopic (exact) mass is 446 g/mol. The molecule has 1 aliphatic heterocycles. The summed E-state index contributed by atoms with van der Waals surface area (Å²) in [6.07, 6.45) is 0. The van der Waals surface area contributed by atoms with Crippen LogP contribution in [0.3, 0.4) is 0 Å². The Bertz CT molecular complexity index is 1160. The molecule has 3 aromatic rings. The maximum absolute atomic E-state index is 13.1. The molecule has 4 rings (SSSR count). The minimum atomic E-state index is -3.98. The van der Waals surface area contributed by atoms with Gasteiger partial charge in [0.25, 0.3) is 10.0 Å². The van der Waals surface area contributed by atoms with Crippen LogP contribution >= 0.6 is 23.2 Å². The molecule has 1 unspecified atom stereocenters. The first kappa shape index (κ1) is 19.9. The van der Waals surface area contributed by atoms with Gasteiger partial charge in [-0.05, 0) is 42.0 Å². The van der Waals surface area contributed by atoms with Crippen LogP contribution in [0, 0.1) is 0 Å². The SMILES string of the molecule is O=S(=O)(c1ccc(Cl)cc1)N1CC(O)(c2ccccc2)C(c2ccc(Cl)cc2)=N1. The third-order valence-electron chi connectivity index (χ3n) is 4.73. The van der Waals surface area contributed by atoms with Crippen LogP contribution < -0.4 is 0 Å². The molecule has 0 spiro atoms. The zero-order chi connectivity index (χ0) is 20.6. The molecule has 8 heteroatoms. The second-order valence-electron chi connectivity index (χ2n) is 6.62. The smallest absolute Gasteiger partial charge is 0.279 e. The molecule has 1 heterocycles. The van der Waals surface area contributed by atoms with E-state index in [0.717, 1.165) is 4.41 Å². The Morgan fingerprint density at radius 3 is 2.00 bits per heavy atom. The van der Waals surface area contributed by atoms with E-state index in [1.807, 2.05) is 6.07 Å². The highest BCUT2D eigenvalue weighted by Gasteiger charge is 2.47. The quantitative estimate of drug-likeness (QED) is 0.649. The lowest BCUT2D eigenvalue weighted by Crippen LogP contribution is -2.40. The highest BCUT2D eigenvalue weighted by atomic mass is 35.5. The molecule has 0 amide bonds. The number of hydrogen-bond donors (Lipinski definition) is 1. The highest BCUT2D eigenvalue weighted by molar-refractivity contribution is 7.89. The summed E-state index contributed by atoms with van der Waals surface area (Å²) in [6, 6.07) is 21.4. The Labute approximate surface area is 178 Å². The Kier molecular flexibility index (Phi) is 5.12. The molecule has 0 bridgehead atoms. The Hall–Kier alpha value is -2.38. The van der Waals surface area contributed by atoms with Gasteiger partial charge in [0.2, 0.25) is 0 Å². The van der Waals surface area contributed by atoms with Crippen molar-refractivity contribution in [3.8, 4) is 0 Å². The molecule has 0 aromatic heterocycles. The number of halogens is 2. The third-order valence-corrected chi connectivity index (χ3v) is 6.86. The Morgan fingerprint density at radius 1 is 0.862 bits per heavy atom. The number of rotatable bonds is 4. The lowest BCUT2D eigenvalue weighted by atomic mass is 9.86. The van der Waals surface area contributed by atoms with Gasteiger partial charge >= 0.3 is 0 Å². The van der Waals surface area contributed by atoms with E-state index in [2.05, 4.69) is 5.10 Å². The van der Waals surface area contributed by atoms with Gasteiger partial charge < -0.3 is 5.11 Å². The summed E-state index contributed by atoms with van der Waals surface area (Å²) in [6.45, 7) is -0.250. The molecule has 5 nitrogen and oxygen atoms in total. The second kappa shape index (κ2) is 7.46. The minimum absolute atomic E-state index is 0.0402. The summed E-state index contributed by atoms with van der Waals surface area (Å²) in [7, 11) is -3.98. The van der Waals surface area contributed by atoms with Crippen molar-refractivity contribution < 1.29 is 13.5 Å². The number of β-amino-alcohol motifs (C(OH)–C–C–N with tert-alkyl or cyclic N) is 1. The van der Waals surface area contributed by atoms with Gasteiger partial charge in [0, 0.05) is 15.6 Å². The summed E-state index contributed by atoms with van der Waals surface area (Å²) in [5.41, 5.74) is -0.260. The molecule has 0 saturated carbocycles. The largest absolute Gasteiger partial charge is 0.377 e. The van der Waals surface area contributed by atoms with Crippen molar-refractivity contribution in [3.63, 3.8) is 0 Å². The molecule has 148 valence electrons. The van der Waals surface area contributed by atoms with Crippen molar-refractivity contribution in [2.75, 3.05) is 6.54 Å². The first-order valence-electron chi connectivity index (χ1n) is 8.72. The van der Waals surface area contributed by atoms with E-state index in [4.69, 9.17) is 23.2 Å². The van der Waals surface area contributed by atoms with Crippen LogP contribution in [0.1, 0.15) is 11.1 Å². The fourth-order valence-electron chi connectivity index (χ4n) is 3.21. The van der Waals surface area contributed by atoms with Crippen molar-refractivity contribution in [2.45, 2.75) is 10.5 Å². The van der Waals surface area contributed by atoms with Crippen molar-refractivity contribution in [1.29, 1.82) is 0 Å². The van der Waals surface area contributed by atoms with E-state index in [1.165, 1.54) is 24.3 Å². The van der Waals surface area contributed by atoms with Crippen LogP contribution in [-0.2, 0) is 15.6 Å². The molecule has 0 aliphatic carbocycles. The van der Waals surface area contributed by atoms with Crippen molar-refractivity contribution in [2.24, 2.45) is 5.10 Å². The zero-order valence-corrected chi connectivity index (χ0v) is 17.4. The first-order valence-corrected chi connectivity index (χ1v) is 10.9. The van der Waals surface area contributed by atoms with E-state index in [-0.39, 0.29) is 17.2 Å². The molecular formula is C21H16Cl2N2O3S. The Morgan fingerprint density at radius 2 is 1.41 bits per heavy atom. The molecule has 0 saturated heterocycles. The lowest BCUT2D eigenvalue weighted by molar-refractivity contribution is 0.106. The number of nitrogens with zero attached hydrogens (tertiary/aromatic N) is 2. The van der Waals surface area contributed by atoms with E-state index in [0.29, 0.717) is 21.2 Å². The number of hydrazone groups is 1. The predicted octanol–water partition coefficient (Wildman–Crippen LogP) is 4.29. The van der Waals surface area contributed by atoms with E-state index in [1.54, 1.807) is 48.5 Å². The van der Waals surface area contributed by atoms with Crippen molar-refractivity contribution in [3.05, 3.63) is 100 Å². The third kappa shape index (κ3) is 3.65. The second-order valence-corrected chi connectivity index (χ2v) is 9.34. The zero-order valence-electron chi connectivity index (χ0n) is 15.0. The van der Waals surface area contributed by atoms with Crippen LogP contribution in [0.4, 0.5) is 0 Å². The summed E-state index contributed by atoms with van der Waals surface area (Å²) in [5, 5.41) is 16.9. The highest BCUT2D eigenvalue weighted by Crippen LogP contribution is 2.36. The van der Waals surface area contributed by atoms with E-state index >= 15 is 0 Å².